The predicted octanol–water partition coefficient (Wildman–Crippen LogP) is 3.01. The van der Waals surface area contributed by atoms with Crippen LogP contribution in [-0.4, -0.2) is 11.5 Å². The molecule has 78 valence electrons. The van der Waals surface area contributed by atoms with Gasteiger partial charge in [0.25, 0.3) is 0 Å². The van der Waals surface area contributed by atoms with Gasteiger partial charge in [0.15, 0.2) is 5.58 Å². The first kappa shape index (κ1) is 9.36. The summed E-state index contributed by atoms with van der Waals surface area (Å²) in [5, 5.41) is 3.42. The molecule has 0 amide bonds. The highest BCUT2D eigenvalue weighted by Crippen LogP contribution is 2.28. The van der Waals surface area contributed by atoms with E-state index in [1.807, 2.05) is 12.1 Å². The van der Waals surface area contributed by atoms with Gasteiger partial charge in [0.05, 0.1) is 6.04 Å². The van der Waals surface area contributed by atoms with E-state index in [1.54, 1.807) is 6.20 Å². The van der Waals surface area contributed by atoms with Crippen molar-refractivity contribution in [1.29, 1.82) is 0 Å². The van der Waals surface area contributed by atoms with Gasteiger partial charge >= 0.3 is 0 Å². The van der Waals surface area contributed by atoms with Crippen LogP contribution in [0.2, 0.25) is 0 Å². The number of rotatable bonds is 1. The minimum Gasteiger partial charge on any atom is -0.458 e. The molecule has 15 heavy (non-hydrogen) atoms. The molecule has 2 aromatic heterocycles. The lowest BCUT2D eigenvalue weighted by atomic mass is 10.2. The lowest BCUT2D eigenvalue weighted by molar-refractivity contribution is 0.470. The maximum absolute atomic E-state index is 5.78. The summed E-state index contributed by atoms with van der Waals surface area (Å²) in [5.74, 6) is 1.01. The number of hydrogen-bond donors (Lipinski definition) is 1. The van der Waals surface area contributed by atoms with Gasteiger partial charge in [-0.1, -0.05) is 0 Å². The van der Waals surface area contributed by atoms with Gasteiger partial charge in [-0.15, -0.1) is 0 Å². The lowest BCUT2D eigenvalue weighted by Gasteiger charge is -2.04. The average molecular weight is 267 g/mol. The second-order valence-corrected chi connectivity index (χ2v) is 4.75. The molecule has 1 fully saturated rings. The molecule has 2 aromatic rings. The molecule has 1 aliphatic rings. The van der Waals surface area contributed by atoms with E-state index >= 15 is 0 Å². The molecule has 1 aliphatic heterocycles. The summed E-state index contributed by atoms with van der Waals surface area (Å²) in [7, 11) is 0. The Hall–Kier alpha value is -0.870. The number of aromatic nitrogens is 1. The number of pyridine rings is 1. The number of nitrogens with one attached hydrogen (secondary N) is 1. The smallest absolute Gasteiger partial charge is 0.153 e. The van der Waals surface area contributed by atoms with Crippen molar-refractivity contribution in [3.05, 3.63) is 28.6 Å². The average Bonchev–Trinajstić information content (AvgIpc) is 2.84. The van der Waals surface area contributed by atoms with E-state index < -0.39 is 0 Å². The van der Waals surface area contributed by atoms with E-state index in [9.17, 15) is 0 Å². The topological polar surface area (TPSA) is 38.1 Å². The van der Waals surface area contributed by atoms with Crippen molar-refractivity contribution in [3.8, 4) is 0 Å². The Morgan fingerprint density at radius 1 is 1.47 bits per heavy atom. The summed E-state index contributed by atoms with van der Waals surface area (Å²) in [6.45, 7) is 1.08. The molecule has 3 heterocycles. The standard InChI is InChI=1S/C11H11BrN2O/c12-7-4-10-9(14-6-7)5-11(15-10)8-2-1-3-13-8/h4-6,8,13H,1-3H2/t8-/m0/s1. The van der Waals surface area contributed by atoms with Crippen LogP contribution in [0, 0.1) is 0 Å². The van der Waals surface area contributed by atoms with Crippen LogP contribution < -0.4 is 5.32 Å². The molecule has 0 bridgehead atoms. The molecule has 0 saturated carbocycles. The zero-order valence-electron chi connectivity index (χ0n) is 8.16. The van der Waals surface area contributed by atoms with E-state index in [4.69, 9.17) is 4.42 Å². The summed E-state index contributed by atoms with van der Waals surface area (Å²) in [6, 6.07) is 4.36. The first-order chi connectivity index (χ1) is 7.33. The molecule has 0 aromatic carbocycles. The van der Waals surface area contributed by atoms with E-state index in [2.05, 4.69) is 26.2 Å². The van der Waals surface area contributed by atoms with Gasteiger partial charge in [-0.25, -0.2) is 0 Å². The van der Waals surface area contributed by atoms with Crippen LogP contribution in [0.4, 0.5) is 0 Å². The fourth-order valence-electron chi connectivity index (χ4n) is 2.01. The van der Waals surface area contributed by atoms with Gasteiger partial charge in [0.1, 0.15) is 11.3 Å². The van der Waals surface area contributed by atoms with Crippen LogP contribution in [0.15, 0.2) is 27.2 Å². The molecule has 1 saturated heterocycles. The molecule has 1 N–H and O–H groups in total. The number of nitrogens with zero attached hydrogens (tertiary/aromatic N) is 1. The summed E-state index contributed by atoms with van der Waals surface area (Å²) < 4.78 is 6.73. The minimum atomic E-state index is 0.373. The van der Waals surface area contributed by atoms with E-state index in [0.717, 1.165) is 34.3 Å². The maximum Gasteiger partial charge on any atom is 0.153 e. The van der Waals surface area contributed by atoms with Gasteiger partial charge in [0, 0.05) is 16.7 Å². The molecular formula is C11H11BrN2O. The number of hydrogen-bond acceptors (Lipinski definition) is 3. The molecule has 0 aliphatic carbocycles. The van der Waals surface area contributed by atoms with Crippen molar-refractivity contribution in [2.24, 2.45) is 0 Å². The van der Waals surface area contributed by atoms with Crippen molar-refractivity contribution in [2.75, 3.05) is 6.54 Å². The van der Waals surface area contributed by atoms with Crippen LogP contribution in [-0.2, 0) is 0 Å². The Morgan fingerprint density at radius 3 is 3.20 bits per heavy atom. The monoisotopic (exact) mass is 266 g/mol. The summed E-state index contributed by atoms with van der Waals surface area (Å²) in [4.78, 5) is 4.30. The van der Waals surface area contributed by atoms with Gasteiger partial charge in [-0.05, 0) is 41.4 Å². The van der Waals surface area contributed by atoms with Crippen LogP contribution in [0.1, 0.15) is 24.6 Å². The van der Waals surface area contributed by atoms with Crippen molar-refractivity contribution >= 4 is 27.0 Å². The van der Waals surface area contributed by atoms with Crippen molar-refractivity contribution in [2.45, 2.75) is 18.9 Å². The number of furan rings is 1. The summed E-state index contributed by atoms with van der Waals surface area (Å²) in [6.07, 6.45) is 4.17. The van der Waals surface area contributed by atoms with E-state index in [0.29, 0.717) is 6.04 Å². The summed E-state index contributed by atoms with van der Waals surface area (Å²) >= 11 is 3.39. The SMILES string of the molecule is Brc1cnc2cc([C@@H]3CCCN3)oc2c1. The quantitative estimate of drug-likeness (QED) is 0.863. The van der Waals surface area contributed by atoms with E-state index in [1.165, 1.54) is 6.42 Å². The van der Waals surface area contributed by atoms with Gasteiger partial charge in [0.2, 0.25) is 0 Å². The first-order valence-electron chi connectivity index (χ1n) is 5.11. The normalized spacial score (nSPS) is 21.3. The molecule has 1 atom stereocenters. The minimum absolute atomic E-state index is 0.373. The highest BCUT2D eigenvalue weighted by Gasteiger charge is 2.20. The zero-order valence-corrected chi connectivity index (χ0v) is 9.75. The fourth-order valence-corrected chi connectivity index (χ4v) is 2.32. The second kappa shape index (κ2) is 3.61. The highest BCUT2D eigenvalue weighted by atomic mass is 79.9. The fraction of sp³-hybridized carbons (Fsp3) is 0.364. The highest BCUT2D eigenvalue weighted by molar-refractivity contribution is 9.10. The van der Waals surface area contributed by atoms with Crippen LogP contribution in [0.25, 0.3) is 11.1 Å². The molecular weight excluding hydrogens is 256 g/mol. The Bertz CT molecular complexity index is 488. The van der Waals surface area contributed by atoms with Gasteiger partial charge in [-0.3, -0.25) is 4.98 Å². The van der Waals surface area contributed by atoms with Crippen LogP contribution in [0.5, 0.6) is 0 Å². The molecule has 4 heteroatoms. The maximum atomic E-state index is 5.78. The van der Waals surface area contributed by atoms with Gasteiger partial charge in [-0.2, -0.15) is 0 Å². The van der Waals surface area contributed by atoms with Crippen molar-refractivity contribution in [1.82, 2.24) is 10.3 Å². The van der Waals surface area contributed by atoms with Crippen molar-refractivity contribution in [3.63, 3.8) is 0 Å². The van der Waals surface area contributed by atoms with Crippen molar-refractivity contribution < 1.29 is 4.42 Å². The Balaban J connectivity index is 2.05. The second-order valence-electron chi connectivity index (χ2n) is 3.83. The summed E-state index contributed by atoms with van der Waals surface area (Å²) in [5.41, 5.74) is 1.79. The first-order valence-corrected chi connectivity index (χ1v) is 5.90. The van der Waals surface area contributed by atoms with Crippen LogP contribution >= 0.6 is 15.9 Å². The predicted molar refractivity (Wildman–Crippen MR) is 61.7 cm³/mol. The lowest BCUT2D eigenvalue weighted by Crippen LogP contribution is -2.11. The third-order valence-electron chi connectivity index (χ3n) is 2.76. The molecule has 0 unspecified atom stereocenters. The third kappa shape index (κ3) is 1.68. The molecule has 0 spiro atoms. The van der Waals surface area contributed by atoms with E-state index in [-0.39, 0.29) is 0 Å². The molecule has 3 rings (SSSR count). The van der Waals surface area contributed by atoms with Gasteiger partial charge < -0.3 is 9.73 Å². The number of halogens is 1. The van der Waals surface area contributed by atoms with Crippen LogP contribution in [0.3, 0.4) is 0 Å². The Morgan fingerprint density at radius 2 is 2.40 bits per heavy atom. The Labute approximate surface area is 96.0 Å². The number of fused-ring (bicyclic) bond motifs is 1. The molecule has 0 radical (unpaired) electrons. The largest absolute Gasteiger partial charge is 0.458 e. The molecule has 3 nitrogen and oxygen atoms in total. The third-order valence-corrected chi connectivity index (χ3v) is 3.19. The zero-order chi connectivity index (χ0) is 10.3. The Kier molecular flexibility index (Phi) is 2.25.